The number of carbonyl (C=O) groups excluding carboxylic acids is 1. The van der Waals surface area contributed by atoms with E-state index >= 15 is 0 Å². The van der Waals surface area contributed by atoms with Crippen LogP contribution < -0.4 is 10.8 Å². The van der Waals surface area contributed by atoms with Crippen LogP contribution in [0.25, 0.3) is 0 Å². The molecule has 1 rings (SSSR count). The predicted molar refractivity (Wildman–Crippen MR) is 79.9 cm³/mol. The van der Waals surface area contributed by atoms with Gasteiger partial charge in [-0.25, -0.2) is 0 Å². The number of carboxylic acids is 1. The van der Waals surface area contributed by atoms with Gasteiger partial charge in [-0.05, 0) is 24.8 Å². The molecule has 5 nitrogen and oxygen atoms in total. The normalized spacial score (nSPS) is 15.3. The van der Waals surface area contributed by atoms with Crippen LogP contribution in [0.15, 0.2) is 30.3 Å². The molecule has 21 heavy (non-hydrogen) atoms. The Morgan fingerprint density at radius 1 is 1.19 bits per heavy atom. The number of hydrogen-bond donors (Lipinski definition) is 2. The molecule has 0 radical (unpaired) electrons. The molecule has 6 heteroatoms. The predicted octanol–water partition coefficient (Wildman–Crippen LogP) is 0.420. The fourth-order valence-corrected chi connectivity index (χ4v) is 3.65. The quantitative estimate of drug-likeness (QED) is 0.482. The van der Waals surface area contributed by atoms with Gasteiger partial charge in [0.1, 0.15) is 6.04 Å². The third-order valence-electron chi connectivity index (χ3n) is 3.49. The minimum absolute atomic E-state index is 0.299. The first-order chi connectivity index (χ1) is 9.91. The number of unbranched alkanes of at least 4 members (excludes halogenated alkanes) is 2. The number of rotatable bonds is 10. The largest absolute Gasteiger partial charge is 0.544 e. The summed E-state index contributed by atoms with van der Waals surface area (Å²) >= 11 is 0. The zero-order chi connectivity index (χ0) is 15.7. The minimum atomic E-state index is -3.09. The summed E-state index contributed by atoms with van der Waals surface area (Å²) in [4.78, 5) is 20.4. The summed E-state index contributed by atoms with van der Waals surface area (Å²) < 4.78 is 12.0. The second-order valence-corrected chi connectivity index (χ2v) is 7.98. The SMILES string of the molecule is [NH3+][C@H](CCCCCP(=O)(O)CCc1ccccc1)C(=O)[O-]. The monoisotopic (exact) mass is 313 g/mol. The molecule has 4 N–H and O–H groups in total. The first kappa shape index (κ1) is 17.9. The van der Waals surface area contributed by atoms with Gasteiger partial charge in [-0.3, -0.25) is 4.57 Å². The van der Waals surface area contributed by atoms with Crippen molar-refractivity contribution in [3.63, 3.8) is 0 Å². The van der Waals surface area contributed by atoms with Crippen molar-refractivity contribution >= 4 is 13.3 Å². The van der Waals surface area contributed by atoms with E-state index in [1.54, 1.807) is 0 Å². The van der Waals surface area contributed by atoms with Crippen molar-refractivity contribution in [2.75, 3.05) is 12.3 Å². The highest BCUT2D eigenvalue weighted by Gasteiger charge is 2.17. The standard InChI is InChI=1S/C15H24NO4P/c16-14(15(17)18)9-5-2-6-11-21(19,20)12-10-13-7-3-1-4-8-13/h1,3-4,7-8,14H,2,5-6,9-12,16H2,(H,17,18)(H,19,20)/t14-/m1/s1. The molecule has 0 saturated carbocycles. The molecule has 2 atom stereocenters. The molecule has 0 heterocycles. The Morgan fingerprint density at radius 3 is 2.48 bits per heavy atom. The molecule has 1 aromatic rings. The Labute approximate surface area is 125 Å². The van der Waals surface area contributed by atoms with E-state index in [0.717, 1.165) is 12.0 Å². The minimum Gasteiger partial charge on any atom is -0.544 e. The average Bonchev–Trinajstić information content (AvgIpc) is 2.45. The Bertz CT molecular complexity index is 478. The van der Waals surface area contributed by atoms with Crippen molar-refractivity contribution in [2.24, 2.45) is 0 Å². The Hall–Kier alpha value is -1.16. The molecule has 118 valence electrons. The van der Waals surface area contributed by atoms with E-state index in [1.165, 1.54) is 0 Å². The van der Waals surface area contributed by atoms with Crippen molar-refractivity contribution in [3.05, 3.63) is 35.9 Å². The van der Waals surface area contributed by atoms with E-state index in [9.17, 15) is 19.4 Å². The van der Waals surface area contributed by atoms with Gasteiger partial charge in [-0.15, -0.1) is 0 Å². The summed E-state index contributed by atoms with van der Waals surface area (Å²) in [5.74, 6) is -1.13. The van der Waals surface area contributed by atoms with Gasteiger partial charge in [0, 0.05) is 18.7 Å². The molecule has 0 aliphatic heterocycles. The van der Waals surface area contributed by atoms with Crippen LogP contribution in [0, 0.1) is 0 Å². The number of hydrogen-bond acceptors (Lipinski definition) is 3. The van der Waals surface area contributed by atoms with Gasteiger partial charge in [0.25, 0.3) is 0 Å². The lowest BCUT2D eigenvalue weighted by Gasteiger charge is -2.12. The van der Waals surface area contributed by atoms with E-state index in [0.29, 0.717) is 38.0 Å². The van der Waals surface area contributed by atoms with E-state index in [2.05, 4.69) is 5.73 Å². The number of carboxylic acid groups (broad SMARTS) is 1. The van der Waals surface area contributed by atoms with Crippen molar-refractivity contribution in [1.82, 2.24) is 0 Å². The number of quaternary nitrogens is 1. The fraction of sp³-hybridized carbons (Fsp3) is 0.533. The van der Waals surface area contributed by atoms with Crippen molar-refractivity contribution < 1.29 is 25.1 Å². The lowest BCUT2D eigenvalue weighted by molar-refractivity contribution is -0.438. The fourth-order valence-electron chi connectivity index (χ4n) is 2.10. The van der Waals surface area contributed by atoms with Crippen LogP contribution >= 0.6 is 7.37 Å². The number of carbonyl (C=O) groups is 1. The molecule has 0 saturated heterocycles. The summed E-state index contributed by atoms with van der Waals surface area (Å²) in [6.45, 7) is 0. The van der Waals surface area contributed by atoms with Gasteiger partial charge in [-0.1, -0.05) is 36.8 Å². The highest BCUT2D eigenvalue weighted by molar-refractivity contribution is 7.57. The van der Waals surface area contributed by atoms with Crippen LogP contribution in [0.2, 0.25) is 0 Å². The number of benzene rings is 1. The van der Waals surface area contributed by atoms with Gasteiger partial charge in [-0.2, -0.15) is 0 Å². The van der Waals surface area contributed by atoms with Gasteiger partial charge in [0.05, 0.1) is 5.97 Å². The Balaban J connectivity index is 2.18. The first-order valence-electron chi connectivity index (χ1n) is 7.29. The van der Waals surface area contributed by atoms with E-state index in [-0.39, 0.29) is 0 Å². The molecule has 0 bridgehead atoms. The lowest BCUT2D eigenvalue weighted by atomic mass is 10.1. The molecular weight excluding hydrogens is 289 g/mol. The van der Waals surface area contributed by atoms with E-state index in [4.69, 9.17) is 0 Å². The van der Waals surface area contributed by atoms with Crippen LogP contribution in [0.4, 0.5) is 0 Å². The maximum atomic E-state index is 12.0. The second-order valence-electron chi connectivity index (χ2n) is 5.39. The third kappa shape index (κ3) is 8.00. The highest BCUT2D eigenvalue weighted by atomic mass is 31.2. The summed E-state index contributed by atoms with van der Waals surface area (Å²) in [5.41, 5.74) is 4.55. The number of aliphatic carboxylic acids is 1. The lowest BCUT2D eigenvalue weighted by Crippen LogP contribution is -2.68. The molecule has 0 aliphatic carbocycles. The van der Waals surface area contributed by atoms with Crippen molar-refractivity contribution in [3.8, 4) is 0 Å². The number of aryl methyl sites for hydroxylation is 1. The Kier molecular flexibility index (Phi) is 7.65. The molecule has 0 aromatic heterocycles. The van der Waals surface area contributed by atoms with Crippen LogP contribution in [0.5, 0.6) is 0 Å². The molecule has 0 spiro atoms. The Morgan fingerprint density at radius 2 is 1.86 bits per heavy atom. The van der Waals surface area contributed by atoms with Gasteiger partial charge < -0.3 is 20.5 Å². The zero-order valence-corrected chi connectivity index (χ0v) is 13.1. The van der Waals surface area contributed by atoms with Crippen LogP contribution in [-0.4, -0.2) is 29.2 Å². The van der Waals surface area contributed by atoms with Gasteiger partial charge in [0.2, 0.25) is 7.37 Å². The first-order valence-corrected chi connectivity index (χ1v) is 9.32. The molecule has 1 unspecified atom stereocenters. The molecule has 1 aromatic carbocycles. The third-order valence-corrected chi connectivity index (χ3v) is 5.42. The van der Waals surface area contributed by atoms with Gasteiger partial charge >= 0.3 is 0 Å². The summed E-state index contributed by atoms with van der Waals surface area (Å²) in [7, 11) is -3.09. The highest BCUT2D eigenvalue weighted by Crippen LogP contribution is 2.42. The van der Waals surface area contributed by atoms with E-state index in [1.807, 2.05) is 30.3 Å². The topological polar surface area (TPSA) is 105 Å². The average molecular weight is 313 g/mol. The molecule has 0 aliphatic rings. The zero-order valence-electron chi connectivity index (χ0n) is 12.2. The second kappa shape index (κ2) is 8.98. The summed E-state index contributed by atoms with van der Waals surface area (Å²) in [5, 5.41) is 10.5. The molecule has 0 amide bonds. The molecule has 0 fully saturated rings. The molecular formula is C15H24NO4P. The van der Waals surface area contributed by atoms with Crippen LogP contribution in [0.3, 0.4) is 0 Å². The van der Waals surface area contributed by atoms with Gasteiger partial charge in [0.15, 0.2) is 0 Å². The smallest absolute Gasteiger partial charge is 0.200 e. The summed E-state index contributed by atoms with van der Waals surface area (Å²) in [6.07, 6.45) is 3.75. The van der Waals surface area contributed by atoms with Crippen molar-refractivity contribution in [2.45, 2.75) is 38.1 Å². The maximum Gasteiger partial charge on any atom is 0.200 e. The maximum absolute atomic E-state index is 12.0. The summed E-state index contributed by atoms with van der Waals surface area (Å²) in [6, 6.07) is 8.98. The van der Waals surface area contributed by atoms with Crippen LogP contribution in [0.1, 0.15) is 31.2 Å². The van der Waals surface area contributed by atoms with Crippen molar-refractivity contribution in [1.29, 1.82) is 0 Å². The van der Waals surface area contributed by atoms with E-state index < -0.39 is 19.4 Å². The van der Waals surface area contributed by atoms with Crippen LogP contribution in [-0.2, 0) is 15.8 Å².